The van der Waals surface area contributed by atoms with Crippen molar-refractivity contribution in [3.63, 3.8) is 0 Å². The lowest BCUT2D eigenvalue weighted by atomic mass is 10.9. The van der Waals surface area contributed by atoms with Gasteiger partial charge in [0.05, 0.1) is 6.61 Å². The third-order valence-electron chi connectivity index (χ3n) is 0.440. The highest BCUT2D eigenvalue weighted by molar-refractivity contribution is 7.99. The van der Waals surface area contributed by atoms with Gasteiger partial charge in [-0.25, -0.2) is 0 Å². The molecule has 0 aliphatic rings. The van der Waals surface area contributed by atoms with Crippen LogP contribution in [0.3, 0.4) is 0 Å². The highest BCUT2D eigenvalue weighted by Gasteiger charge is 1.75. The second-order valence-corrected chi connectivity index (χ2v) is 2.31. The van der Waals surface area contributed by atoms with E-state index >= 15 is 0 Å². The first-order chi connectivity index (χ1) is 2.91. The molecule has 1 N–H and O–H groups in total. The molecule has 0 bridgehead atoms. The Balaban J connectivity index is 0. The summed E-state index contributed by atoms with van der Waals surface area (Å²) in [6.07, 6.45) is 0. The van der Waals surface area contributed by atoms with Gasteiger partial charge in [-0.15, -0.1) is 0 Å². The van der Waals surface area contributed by atoms with E-state index in [0.717, 1.165) is 11.5 Å². The minimum atomic E-state index is 0. The lowest BCUT2D eigenvalue weighted by Crippen LogP contribution is -1.84. The molecule has 0 radical (unpaired) electrons. The molecule has 1 atom stereocenters. The Hall–Kier alpha value is 0.740. The average Bonchev–Trinajstić information content (AvgIpc) is 1.61. The van der Waals surface area contributed by atoms with E-state index in [0.29, 0.717) is 6.61 Å². The van der Waals surface area contributed by atoms with Crippen molar-refractivity contribution in [1.82, 2.24) is 0 Å². The summed E-state index contributed by atoms with van der Waals surface area (Å²) < 4.78 is 0. The van der Waals surface area contributed by atoms with Crippen LogP contribution in [0.4, 0.5) is 0 Å². The normalized spacial score (nSPS) is 7.71. The molecular weight excluding hydrogens is 127 g/mol. The van der Waals surface area contributed by atoms with E-state index < -0.39 is 0 Å². The lowest BCUT2D eigenvalue weighted by Gasteiger charge is -1.86. The lowest BCUT2D eigenvalue weighted by molar-refractivity contribution is 0.322. The number of aliphatic hydroxyl groups excluding tert-OH is 1. The Morgan fingerprint density at radius 3 is 2.29 bits per heavy atom. The second kappa shape index (κ2) is 9.88. The average molecular weight is 140 g/mol. The van der Waals surface area contributed by atoms with E-state index in [-0.39, 0.29) is 9.90 Å². The Morgan fingerprint density at radius 2 is 2.14 bits per heavy atom. The molecular formula is C4H13OPS. The molecule has 0 rings (SSSR count). The molecule has 0 aromatic carbocycles. The Kier molecular flexibility index (Phi) is 15.1. The topological polar surface area (TPSA) is 20.2 Å². The van der Waals surface area contributed by atoms with Crippen molar-refractivity contribution in [1.29, 1.82) is 0 Å². The first-order valence-corrected chi connectivity index (χ1v) is 3.26. The quantitative estimate of drug-likeness (QED) is 0.462. The number of thioether (sulfide) groups is 1. The van der Waals surface area contributed by atoms with Crippen LogP contribution in [-0.4, -0.2) is 23.2 Å². The maximum Gasteiger partial charge on any atom is 0.0521 e. The molecule has 1 unspecified atom stereocenters. The van der Waals surface area contributed by atoms with Crippen LogP contribution in [0.5, 0.6) is 0 Å². The van der Waals surface area contributed by atoms with Crippen molar-refractivity contribution >= 4 is 21.7 Å². The molecule has 1 nitrogen and oxygen atoms in total. The van der Waals surface area contributed by atoms with Gasteiger partial charge in [-0.3, -0.25) is 0 Å². The molecule has 3 heteroatoms. The van der Waals surface area contributed by atoms with Crippen molar-refractivity contribution in [2.75, 3.05) is 18.1 Å². The summed E-state index contributed by atoms with van der Waals surface area (Å²) in [5, 5.41) is 8.18. The summed E-state index contributed by atoms with van der Waals surface area (Å²) in [7, 11) is 0. The van der Waals surface area contributed by atoms with Crippen LogP contribution in [0.25, 0.3) is 0 Å². The van der Waals surface area contributed by atoms with E-state index in [9.17, 15) is 0 Å². The van der Waals surface area contributed by atoms with E-state index in [4.69, 9.17) is 5.11 Å². The fourth-order valence-electron chi connectivity index (χ4n) is 0.209. The fraction of sp³-hybridized carbons (Fsp3) is 1.00. The van der Waals surface area contributed by atoms with E-state index in [1.807, 2.05) is 0 Å². The van der Waals surface area contributed by atoms with Crippen molar-refractivity contribution in [2.24, 2.45) is 0 Å². The summed E-state index contributed by atoms with van der Waals surface area (Å²) in [4.78, 5) is 0. The van der Waals surface area contributed by atoms with Gasteiger partial charge in [-0.2, -0.15) is 21.7 Å². The largest absolute Gasteiger partial charge is 0.396 e. The first-order valence-electron chi connectivity index (χ1n) is 2.10. The monoisotopic (exact) mass is 140 g/mol. The van der Waals surface area contributed by atoms with Crippen LogP contribution >= 0.6 is 21.7 Å². The van der Waals surface area contributed by atoms with Gasteiger partial charge in [0.25, 0.3) is 0 Å². The fourth-order valence-corrected chi connectivity index (χ4v) is 0.627. The minimum absolute atomic E-state index is 0. The van der Waals surface area contributed by atoms with Crippen LogP contribution in [0, 0.1) is 0 Å². The highest BCUT2D eigenvalue weighted by atomic mass is 32.2. The van der Waals surface area contributed by atoms with E-state index in [1.165, 1.54) is 0 Å². The first kappa shape index (κ1) is 10.7. The smallest absolute Gasteiger partial charge is 0.0521 e. The minimum Gasteiger partial charge on any atom is -0.396 e. The molecule has 0 spiro atoms. The predicted molar refractivity (Wildman–Crippen MR) is 41.2 cm³/mol. The van der Waals surface area contributed by atoms with Crippen molar-refractivity contribution < 1.29 is 5.11 Å². The molecule has 0 aliphatic carbocycles. The summed E-state index contributed by atoms with van der Waals surface area (Å²) in [5.74, 6) is 2.00. The summed E-state index contributed by atoms with van der Waals surface area (Å²) in [6, 6.07) is 0. The maximum atomic E-state index is 8.18. The van der Waals surface area contributed by atoms with Gasteiger partial charge in [-0.1, -0.05) is 6.92 Å². The summed E-state index contributed by atoms with van der Waals surface area (Å²) in [5.41, 5.74) is 0. The molecule has 46 valence electrons. The number of rotatable bonds is 3. The zero-order valence-corrected chi connectivity index (χ0v) is 6.91. The van der Waals surface area contributed by atoms with E-state index in [1.54, 1.807) is 11.8 Å². The maximum absolute atomic E-state index is 8.18. The zero-order chi connectivity index (χ0) is 4.83. The van der Waals surface area contributed by atoms with Crippen LogP contribution in [0.1, 0.15) is 6.92 Å². The standard InChI is InChI=1S/C4H10OS.H3P/c1-2-6-4-3-5;/h5H,2-4H2,1H3;1H3. The van der Waals surface area contributed by atoms with Gasteiger partial charge < -0.3 is 5.11 Å². The Morgan fingerprint density at radius 1 is 1.57 bits per heavy atom. The van der Waals surface area contributed by atoms with Crippen LogP contribution in [0.15, 0.2) is 0 Å². The van der Waals surface area contributed by atoms with Crippen LogP contribution in [0.2, 0.25) is 0 Å². The molecule has 0 saturated heterocycles. The molecule has 7 heavy (non-hydrogen) atoms. The summed E-state index contributed by atoms with van der Waals surface area (Å²) in [6.45, 7) is 2.40. The number of hydrogen-bond acceptors (Lipinski definition) is 2. The van der Waals surface area contributed by atoms with Crippen LogP contribution in [-0.2, 0) is 0 Å². The van der Waals surface area contributed by atoms with Crippen LogP contribution < -0.4 is 0 Å². The predicted octanol–water partition coefficient (Wildman–Crippen LogP) is 0.790. The van der Waals surface area contributed by atoms with Crippen molar-refractivity contribution in [3.05, 3.63) is 0 Å². The molecule has 0 aromatic heterocycles. The van der Waals surface area contributed by atoms with Gasteiger partial charge in [0.2, 0.25) is 0 Å². The highest BCUT2D eigenvalue weighted by Crippen LogP contribution is 1.93. The summed E-state index contributed by atoms with van der Waals surface area (Å²) >= 11 is 1.76. The Labute approximate surface area is 52.5 Å². The van der Waals surface area contributed by atoms with Crippen molar-refractivity contribution in [2.45, 2.75) is 6.92 Å². The van der Waals surface area contributed by atoms with Gasteiger partial charge in [0.15, 0.2) is 0 Å². The molecule has 0 fully saturated rings. The third-order valence-corrected chi connectivity index (χ3v) is 1.32. The Bertz CT molecular complexity index is 23.7. The van der Waals surface area contributed by atoms with E-state index in [2.05, 4.69) is 6.92 Å². The van der Waals surface area contributed by atoms with Gasteiger partial charge in [-0.05, 0) is 5.75 Å². The zero-order valence-electron chi connectivity index (χ0n) is 4.68. The number of hydrogen-bond donors (Lipinski definition) is 1. The molecule has 0 saturated carbocycles. The second-order valence-electron chi connectivity index (χ2n) is 0.921. The SMILES string of the molecule is CCSCCO.P. The van der Waals surface area contributed by atoms with Gasteiger partial charge >= 0.3 is 0 Å². The number of aliphatic hydroxyl groups is 1. The van der Waals surface area contributed by atoms with Crippen molar-refractivity contribution in [3.8, 4) is 0 Å². The third kappa shape index (κ3) is 10.8. The molecule has 0 amide bonds. The molecule has 0 aromatic rings. The molecule has 0 heterocycles. The molecule has 0 aliphatic heterocycles. The van der Waals surface area contributed by atoms with Gasteiger partial charge in [0, 0.05) is 5.75 Å². The van der Waals surface area contributed by atoms with Gasteiger partial charge in [0.1, 0.15) is 0 Å².